The fourth-order valence-corrected chi connectivity index (χ4v) is 2.82. The lowest BCUT2D eigenvalue weighted by Crippen LogP contribution is -2.53. The summed E-state index contributed by atoms with van der Waals surface area (Å²) in [5.74, 6) is -1.75. The summed E-state index contributed by atoms with van der Waals surface area (Å²) in [4.78, 5) is 24.6. The average molecular weight is 374 g/mol. The molecule has 0 saturated carbocycles. The second kappa shape index (κ2) is 7.94. The number of morpholine rings is 1. The van der Waals surface area contributed by atoms with E-state index in [1.165, 1.54) is 23.1 Å². The fraction of sp³-hybridized carbons (Fsp3) is 0.529. The van der Waals surface area contributed by atoms with Crippen LogP contribution in [0.1, 0.15) is 30.9 Å². The summed E-state index contributed by atoms with van der Waals surface area (Å²) in [5.41, 5.74) is -0.635. The van der Waals surface area contributed by atoms with Crippen LogP contribution in [0.15, 0.2) is 24.3 Å². The van der Waals surface area contributed by atoms with Crippen LogP contribution < -0.4 is 5.32 Å². The average Bonchev–Trinajstić information content (AvgIpc) is 2.60. The Labute approximate surface area is 148 Å². The van der Waals surface area contributed by atoms with Crippen molar-refractivity contribution in [3.05, 3.63) is 35.4 Å². The molecule has 0 aliphatic carbocycles. The number of benzene rings is 1. The van der Waals surface area contributed by atoms with Gasteiger partial charge in [-0.15, -0.1) is 0 Å². The highest BCUT2D eigenvalue weighted by molar-refractivity contribution is 5.77. The Morgan fingerprint density at radius 1 is 1.31 bits per heavy atom. The fourth-order valence-electron chi connectivity index (χ4n) is 2.82. The van der Waals surface area contributed by atoms with Gasteiger partial charge in [0.2, 0.25) is 0 Å². The molecule has 0 aromatic heterocycles. The van der Waals surface area contributed by atoms with Crippen molar-refractivity contribution >= 4 is 12.0 Å². The van der Waals surface area contributed by atoms with Crippen LogP contribution in [0.5, 0.6) is 0 Å². The Hall–Kier alpha value is -2.29. The van der Waals surface area contributed by atoms with Gasteiger partial charge in [0.1, 0.15) is 0 Å². The van der Waals surface area contributed by atoms with E-state index in [0.29, 0.717) is 0 Å². The highest BCUT2D eigenvalue weighted by Crippen LogP contribution is 2.36. The first-order valence-corrected chi connectivity index (χ1v) is 8.17. The van der Waals surface area contributed by atoms with Crippen molar-refractivity contribution in [3.63, 3.8) is 0 Å². The Bertz CT molecular complexity index is 666. The third-order valence-corrected chi connectivity index (χ3v) is 4.49. The van der Waals surface area contributed by atoms with Crippen LogP contribution in [0, 0.1) is 0 Å². The first-order valence-electron chi connectivity index (χ1n) is 8.17. The number of carboxylic acid groups (broad SMARTS) is 1. The molecular weight excluding hydrogens is 353 g/mol. The number of carbonyl (C=O) groups is 2. The molecule has 1 fully saturated rings. The van der Waals surface area contributed by atoms with Crippen molar-refractivity contribution in [1.29, 1.82) is 0 Å². The van der Waals surface area contributed by atoms with Crippen LogP contribution in [-0.4, -0.2) is 53.8 Å². The monoisotopic (exact) mass is 374 g/mol. The molecule has 1 aliphatic rings. The maximum absolute atomic E-state index is 13.2. The largest absolute Gasteiger partial charge is 0.479 e. The van der Waals surface area contributed by atoms with E-state index in [4.69, 9.17) is 9.84 Å². The smallest absolute Gasteiger partial charge is 0.416 e. The summed E-state index contributed by atoms with van der Waals surface area (Å²) < 4.78 is 44.6. The van der Waals surface area contributed by atoms with Gasteiger partial charge in [-0.1, -0.05) is 25.1 Å². The molecule has 0 radical (unpaired) electrons. The molecule has 1 saturated heterocycles. The van der Waals surface area contributed by atoms with E-state index in [0.717, 1.165) is 6.07 Å². The van der Waals surface area contributed by atoms with Crippen molar-refractivity contribution in [2.75, 3.05) is 19.7 Å². The van der Waals surface area contributed by atoms with E-state index < -0.39 is 41.8 Å². The molecule has 1 aromatic carbocycles. The van der Waals surface area contributed by atoms with Crippen molar-refractivity contribution in [1.82, 2.24) is 10.2 Å². The minimum absolute atomic E-state index is 0.0885. The molecule has 0 spiro atoms. The van der Waals surface area contributed by atoms with Gasteiger partial charge in [-0.3, -0.25) is 0 Å². The molecule has 144 valence electrons. The molecule has 2 amide bonds. The zero-order valence-electron chi connectivity index (χ0n) is 14.4. The minimum Gasteiger partial charge on any atom is -0.479 e. The topological polar surface area (TPSA) is 78.9 Å². The zero-order chi connectivity index (χ0) is 19.5. The highest BCUT2D eigenvalue weighted by atomic mass is 19.4. The summed E-state index contributed by atoms with van der Waals surface area (Å²) in [6.45, 7) is 3.42. The number of halogens is 3. The summed E-state index contributed by atoms with van der Waals surface area (Å²) in [7, 11) is 0. The zero-order valence-corrected chi connectivity index (χ0v) is 14.4. The Morgan fingerprint density at radius 3 is 2.58 bits per heavy atom. The highest BCUT2D eigenvalue weighted by Gasteiger charge is 2.36. The standard InChI is InChI=1S/C17H21F3N2O4/c1-10(12-5-3-4-6-13(12)17(18,19)20)11(2)21-16(25)22-7-8-26-14(9-22)15(23)24/h3-6,10-11,14H,7-9H2,1-2H3,(H,21,25)(H,23,24). The molecule has 0 bridgehead atoms. The lowest BCUT2D eigenvalue weighted by molar-refractivity contribution is -0.154. The lowest BCUT2D eigenvalue weighted by Gasteiger charge is -2.33. The van der Waals surface area contributed by atoms with Gasteiger partial charge in [-0.25, -0.2) is 9.59 Å². The number of urea groups is 1. The third kappa shape index (κ3) is 4.66. The van der Waals surface area contributed by atoms with Crippen LogP contribution in [0.25, 0.3) is 0 Å². The predicted octanol–water partition coefficient (Wildman–Crippen LogP) is 2.69. The van der Waals surface area contributed by atoms with Crippen molar-refractivity contribution in [2.24, 2.45) is 0 Å². The SMILES string of the molecule is CC(NC(=O)N1CCOC(C(=O)O)C1)C(C)c1ccccc1C(F)(F)F. The van der Waals surface area contributed by atoms with E-state index in [1.54, 1.807) is 13.8 Å². The second-order valence-corrected chi connectivity index (χ2v) is 6.26. The molecule has 1 aromatic rings. The molecule has 26 heavy (non-hydrogen) atoms. The minimum atomic E-state index is -4.48. The second-order valence-electron chi connectivity index (χ2n) is 6.26. The van der Waals surface area contributed by atoms with Crippen molar-refractivity contribution < 1.29 is 32.6 Å². The summed E-state index contributed by atoms with van der Waals surface area (Å²) in [6.07, 6.45) is -5.58. The number of alkyl halides is 3. The van der Waals surface area contributed by atoms with Gasteiger partial charge < -0.3 is 20.1 Å². The Morgan fingerprint density at radius 2 is 1.96 bits per heavy atom. The molecule has 2 N–H and O–H groups in total. The Kier molecular flexibility index (Phi) is 6.12. The number of aliphatic carboxylic acids is 1. The van der Waals surface area contributed by atoms with E-state index in [1.807, 2.05) is 0 Å². The van der Waals surface area contributed by atoms with Crippen LogP contribution >= 0.6 is 0 Å². The summed E-state index contributed by atoms with van der Waals surface area (Å²) in [5, 5.41) is 11.6. The van der Waals surface area contributed by atoms with E-state index in [-0.39, 0.29) is 25.3 Å². The van der Waals surface area contributed by atoms with E-state index in [9.17, 15) is 22.8 Å². The number of rotatable bonds is 4. The van der Waals surface area contributed by atoms with Gasteiger partial charge in [-0.2, -0.15) is 13.2 Å². The maximum Gasteiger partial charge on any atom is 0.416 e. The van der Waals surface area contributed by atoms with Gasteiger partial charge in [0, 0.05) is 18.5 Å². The predicted molar refractivity (Wildman–Crippen MR) is 86.8 cm³/mol. The number of hydrogen-bond donors (Lipinski definition) is 2. The first-order chi connectivity index (χ1) is 12.1. The number of carboxylic acids is 1. The maximum atomic E-state index is 13.2. The lowest BCUT2D eigenvalue weighted by atomic mass is 9.90. The number of hydrogen-bond acceptors (Lipinski definition) is 3. The number of ether oxygens (including phenoxy) is 1. The van der Waals surface area contributed by atoms with Crippen molar-refractivity contribution in [3.8, 4) is 0 Å². The molecule has 1 aliphatic heterocycles. The first kappa shape index (κ1) is 20.0. The molecule has 1 heterocycles. The van der Waals surface area contributed by atoms with Crippen LogP contribution in [-0.2, 0) is 15.7 Å². The summed E-state index contributed by atoms with van der Waals surface area (Å²) in [6, 6.07) is 4.14. The number of nitrogens with zero attached hydrogens (tertiary/aromatic N) is 1. The van der Waals surface area contributed by atoms with Crippen LogP contribution in [0.2, 0.25) is 0 Å². The van der Waals surface area contributed by atoms with Gasteiger partial charge in [-0.05, 0) is 18.6 Å². The number of nitrogens with one attached hydrogen (secondary N) is 1. The molecule has 2 rings (SSSR count). The van der Waals surface area contributed by atoms with Crippen LogP contribution in [0.4, 0.5) is 18.0 Å². The third-order valence-electron chi connectivity index (χ3n) is 4.49. The summed E-state index contributed by atoms with van der Waals surface area (Å²) >= 11 is 0. The van der Waals surface area contributed by atoms with Crippen molar-refractivity contribution in [2.45, 2.75) is 38.1 Å². The molecule has 3 atom stereocenters. The quantitative estimate of drug-likeness (QED) is 0.849. The molecule has 6 nitrogen and oxygen atoms in total. The van der Waals surface area contributed by atoms with Gasteiger partial charge in [0.05, 0.1) is 18.7 Å². The normalized spacial score (nSPS) is 20.3. The van der Waals surface area contributed by atoms with E-state index in [2.05, 4.69) is 5.32 Å². The van der Waals surface area contributed by atoms with Crippen LogP contribution in [0.3, 0.4) is 0 Å². The molecule has 3 unspecified atom stereocenters. The van der Waals surface area contributed by atoms with Gasteiger partial charge in [0.25, 0.3) is 0 Å². The number of carbonyl (C=O) groups excluding carboxylic acids is 1. The Balaban J connectivity index is 2.07. The number of amides is 2. The van der Waals surface area contributed by atoms with Gasteiger partial charge >= 0.3 is 18.2 Å². The molecular formula is C17H21F3N2O4. The van der Waals surface area contributed by atoms with Gasteiger partial charge in [0.15, 0.2) is 6.10 Å². The van der Waals surface area contributed by atoms with E-state index >= 15 is 0 Å². The molecule has 9 heteroatoms.